The third kappa shape index (κ3) is 3.40. The van der Waals surface area contributed by atoms with Crippen molar-refractivity contribution in [2.75, 3.05) is 5.32 Å². The van der Waals surface area contributed by atoms with Crippen molar-refractivity contribution in [3.8, 4) is 0 Å². The van der Waals surface area contributed by atoms with Crippen molar-refractivity contribution in [1.82, 2.24) is 4.98 Å². The van der Waals surface area contributed by atoms with Crippen LogP contribution in [0.2, 0.25) is 5.02 Å². The number of rotatable bonds is 3. The van der Waals surface area contributed by atoms with Crippen LogP contribution in [-0.4, -0.2) is 21.9 Å². The summed E-state index contributed by atoms with van der Waals surface area (Å²) in [7, 11) is 0. The van der Waals surface area contributed by atoms with Gasteiger partial charge in [-0.15, -0.1) is 0 Å². The van der Waals surface area contributed by atoms with Gasteiger partial charge < -0.3 is 21.2 Å². The lowest BCUT2D eigenvalue weighted by atomic mass is 10.1. The van der Waals surface area contributed by atoms with Crippen LogP contribution in [0.1, 0.15) is 16.1 Å². The lowest BCUT2D eigenvalue weighted by molar-refractivity contribution is 0.102. The fourth-order valence-electron chi connectivity index (χ4n) is 1.67. The number of pyridine rings is 1. The number of nitrogens with one attached hydrogen (secondary N) is 2. The zero-order valence-electron chi connectivity index (χ0n) is 10.6. The minimum Gasteiger partial charge on any atom is -0.409 e. The number of carbonyl (C=O) groups excluding carboxylic acids is 1. The van der Waals surface area contributed by atoms with E-state index >= 15 is 0 Å². The largest absolute Gasteiger partial charge is 0.409 e. The molecule has 0 spiro atoms. The molecule has 0 saturated carbocycles. The second kappa shape index (κ2) is 6.10. The monoisotopic (exact) mass is 306 g/mol. The van der Waals surface area contributed by atoms with Crippen LogP contribution in [0.5, 0.6) is 0 Å². The molecule has 8 heteroatoms. The number of halogens is 1. The Bertz CT molecular complexity index is 770. The van der Waals surface area contributed by atoms with Crippen LogP contribution in [0, 0.1) is 0 Å². The highest BCUT2D eigenvalue weighted by molar-refractivity contribution is 6.31. The van der Waals surface area contributed by atoms with Gasteiger partial charge in [0.25, 0.3) is 5.91 Å². The summed E-state index contributed by atoms with van der Waals surface area (Å²) in [5.41, 5.74) is 5.77. The molecule has 0 unspecified atom stereocenters. The molecule has 0 fully saturated rings. The summed E-state index contributed by atoms with van der Waals surface area (Å²) in [5, 5.41) is 14.5. The zero-order chi connectivity index (χ0) is 15.4. The molecule has 0 aliphatic rings. The number of carbonyl (C=O) groups is 1. The number of amidine groups is 1. The van der Waals surface area contributed by atoms with Gasteiger partial charge in [0.05, 0.1) is 5.69 Å². The smallest absolute Gasteiger partial charge is 0.272 e. The van der Waals surface area contributed by atoms with Gasteiger partial charge in [-0.05, 0) is 24.3 Å². The molecular weight excluding hydrogens is 296 g/mol. The van der Waals surface area contributed by atoms with Crippen LogP contribution in [0.4, 0.5) is 5.69 Å². The van der Waals surface area contributed by atoms with Crippen molar-refractivity contribution >= 4 is 29.0 Å². The van der Waals surface area contributed by atoms with Gasteiger partial charge in [0.1, 0.15) is 5.69 Å². The second-order valence-electron chi connectivity index (χ2n) is 4.06. The molecule has 21 heavy (non-hydrogen) atoms. The van der Waals surface area contributed by atoms with Crippen LogP contribution in [0.3, 0.4) is 0 Å². The number of aromatic amines is 1. The highest BCUT2D eigenvalue weighted by Gasteiger charge is 2.13. The quantitative estimate of drug-likeness (QED) is 0.296. The molecule has 2 rings (SSSR count). The number of anilines is 1. The van der Waals surface area contributed by atoms with Gasteiger partial charge in [-0.2, -0.15) is 0 Å². The molecule has 7 nitrogen and oxygen atoms in total. The highest BCUT2D eigenvalue weighted by atomic mass is 35.5. The van der Waals surface area contributed by atoms with Crippen molar-refractivity contribution in [3.05, 3.63) is 63.0 Å². The summed E-state index contributed by atoms with van der Waals surface area (Å²) < 4.78 is 0. The highest BCUT2D eigenvalue weighted by Crippen LogP contribution is 2.21. The third-order valence-electron chi connectivity index (χ3n) is 2.63. The van der Waals surface area contributed by atoms with Crippen LogP contribution in [-0.2, 0) is 0 Å². The maximum atomic E-state index is 12.1. The first-order chi connectivity index (χ1) is 10.0. The Labute approximate surface area is 124 Å². The van der Waals surface area contributed by atoms with Gasteiger partial charge >= 0.3 is 0 Å². The van der Waals surface area contributed by atoms with Gasteiger partial charge in [-0.1, -0.05) is 22.8 Å². The van der Waals surface area contributed by atoms with Crippen molar-refractivity contribution in [2.24, 2.45) is 10.9 Å². The lowest BCUT2D eigenvalue weighted by Crippen LogP contribution is -2.21. The average Bonchev–Trinajstić information content (AvgIpc) is 2.46. The topological polar surface area (TPSA) is 121 Å². The van der Waals surface area contributed by atoms with E-state index in [2.05, 4.69) is 15.5 Å². The van der Waals surface area contributed by atoms with Gasteiger partial charge in [0, 0.05) is 16.7 Å². The second-order valence-corrected chi connectivity index (χ2v) is 4.49. The number of benzene rings is 1. The third-order valence-corrected chi connectivity index (χ3v) is 2.86. The number of H-pyrrole nitrogens is 1. The van der Waals surface area contributed by atoms with Crippen molar-refractivity contribution < 1.29 is 10.0 Å². The Morgan fingerprint density at radius 3 is 2.76 bits per heavy atom. The first kappa shape index (κ1) is 14.6. The number of nitrogens with two attached hydrogens (primary N) is 1. The Kier molecular flexibility index (Phi) is 4.24. The molecule has 0 aliphatic carbocycles. The molecule has 1 heterocycles. The molecule has 2 aromatic rings. The predicted octanol–water partition coefficient (Wildman–Crippen LogP) is 1.38. The zero-order valence-corrected chi connectivity index (χ0v) is 11.4. The Morgan fingerprint density at radius 2 is 2.10 bits per heavy atom. The molecule has 1 amide bonds. The summed E-state index contributed by atoms with van der Waals surface area (Å²) >= 11 is 5.87. The van der Waals surface area contributed by atoms with Gasteiger partial charge in [0.2, 0.25) is 5.56 Å². The molecule has 1 aromatic carbocycles. The van der Waals surface area contributed by atoms with Crippen LogP contribution in [0.15, 0.2) is 46.3 Å². The molecular formula is C13H11ClN4O3. The summed E-state index contributed by atoms with van der Waals surface area (Å²) in [6, 6.07) is 8.68. The molecule has 5 N–H and O–H groups in total. The molecule has 0 atom stereocenters. The van der Waals surface area contributed by atoms with Gasteiger partial charge in [-0.25, -0.2) is 0 Å². The van der Waals surface area contributed by atoms with E-state index in [1.807, 2.05) is 0 Å². The average molecular weight is 307 g/mol. The number of hydrogen-bond acceptors (Lipinski definition) is 4. The molecule has 0 bridgehead atoms. The van der Waals surface area contributed by atoms with E-state index in [-0.39, 0.29) is 17.2 Å². The molecule has 0 saturated heterocycles. The SMILES string of the molecule is N/C(=N/O)c1ccc(Cl)cc1NC(=O)c1cccc(=O)[nH]1. The summed E-state index contributed by atoms with van der Waals surface area (Å²) in [6.45, 7) is 0. The molecule has 1 aromatic heterocycles. The minimum atomic E-state index is -0.554. The van der Waals surface area contributed by atoms with Gasteiger partial charge in [0.15, 0.2) is 5.84 Å². The Balaban J connectivity index is 2.37. The van der Waals surface area contributed by atoms with Crippen molar-refractivity contribution in [1.29, 1.82) is 0 Å². The van der Waals surface area contributed by atoms with Gasteiger partial charge in [-0.3, -0.25) is 9.59 Å². The fourth-order valence-corrected chi connectivity index (χ4v) is 1.84. The number of nitrogens with zero attached hydrogens (tertiary/aromatic N) is 1. The number of amides is 1. The van der Waals surface area contributed by atoms with E-state index in [4.69, 9.17) is 22.5 Å². The van der Waals surface area contributed by atoms with Crippen LogP contribution < -0.4 is 16.6 Å². The standard InChI is InChI=1S/C13H11ClN4O3/c14-7-4-5-8(12(15)18-21)10(6-7)17-13(20)9-2-1-3-11(19)16-9/h1-6,21H,(H2,15,18)(H,16,19)(H,17,20). The lowest BCUT2D eigenvalue weighted by Gasteiger charge is -2.10. The maximum Gasteiger partial charge on any atom is 0.272 e. The molecule has 0 aliphatic heterocycles. The normalized spacial score (nSPS) is 11.2. The number of aromatic nitrogens is 1. The van der Waals surface area contributed by atoms with E-state index < -0.39 is 11.5 Å². The predicted molar refractivity (Wildman–Crippen MR) is 79.0 cm³/mol. The van der Waals surface area contributed by atoms with E-state index in [9.17, 15) is 9.59 Å². The van der Waals surface area contributed by atoms with Crippen LogP contribution in [0.25, 0.3) is 0 Å². The maximum absolute atomic E-state index is 12.1. The number of hydrogen-bond donors (Lipinski definition) is 4. The minimum absolute atomic E-state index is 0.0768. The first-order valence-corrected chi connectivity index (χ1v) is 6.17. The molecule has 108 valence electrons. The summed E-state index contributed by atoms with van der Waals surface area (Å²) in [6.07, 6.45) is 0. The van der Waals surface area contributed by atoms with Crippen LogP contribution >= 0.6 is 11.6 Å². The first-order valence-electron chi connectivity index (χ1n) is 5.79. The van der Waals surface area contributed by atoms with E-state index in [0.29, 0.717) is 10.6 Å². The fraction of sp³-hybridized carbons (Fsp3) is 0. The summed E-state index contributed by atoms with van der Waals surface area (Å²) in [5.74, 6) is -0.731. The van der Waals surface area contributed by atoms with Crippen molar-refractivity contribution in [2.45, 2.75) is 0 Å². The van der Waals surface area contributed by atoms with E-state index in [1.54, 1.807) is 0 Å². The molecule has 0 radical (unpaired) electrons. The van der Waals surface area contributed by atoms with E-state index in [0.717, 1.165) is 0 Å². The summed E-state index contributed by atoms with van der Waals surface area (Å²) in [4.78, 5) is 25.7. The van der Waals surface area contributed by atoms with E-state index in [1.165, 1.54) is 36.4 Å². The Hall–Kier alpha value is -2.80. The number of oxime groups is 1. The van der Waals surface area contributed by atoms with Crippen molar-refractivity contribution in [3.63, 3.8) is 0 Å². The Morgan fingerprint density at radius 1 is 1.33 bits per heavy atom.